The number of nitrogens with two attached hydrogens (primary N) is 1. The highest BCUT2D eigenvalue weighted by Gasteiger charge is 2.12. The Morgan fingerprint density at radius 2 is 1.47 bits per heavy atom. The monoisotopic (exact) mass is 321 g/mol. The standard InChI is InChI=1S/C15H16BrNO2/c1-18-13-8-5-11(9-14(13)19-2)15(17)10-3-6-12(16)7-4-10/h3-9,15H,17H2,1-2H3. The van der Waals surface area contributed by atoms with Crippen molar-refractivity contribution in [2.24, 2.45) is 5.73 Å². The predicted molar refractivity (Wildman–Crippen MR) is 79.7 cm³/mol. The molecule has 1 atom stereocenters. The Labute approximate surface area is 121 Å². The number of ether oxygens (including phenoxy) is 2. The highest BCUT2D eigenvalue weighted by molar-refractivity contribution is 9.10. The molecule has 1 unspecified atom stereocenters. The molecule has 0 aromatic heterocycles. The van der Waals surface area contributed by atoms with Crippen molar-refractivity contribution in [3.63, 3.8) is 0 Å². The number of rotatable bonds is 4. The summed E-state index contributed by atoms with van der Waals surface area (Å²) in [5.74, 6) is 1.39. The van der Waals surface area contributed by atoms with Gasteiger partial charge in [-0.1, -0.05) is 34.1 Å². The second-order valence-electron chi connectivity index (χ2n) is 4.14. The number of methoxy groups -OCH3 is 2. The van der Waals surface area contributed by atoms with E-state index in [1.54, 1.807) is 14.2 Å². The molecule has 19 heavy (non-hydrogen) atoms. The molecule has 0 spiro atoms. The Hall–Kier alpha value is -1.52. The van der Waals surface area contributed by atoms with Crippen LogP contribution in [0.1, 0.15) is 17.2 Å². The highest BCUT2D eigenvalue weighted by atomic mass is 79.9. The highest BCUT2D eigenvalue weighted by Crippen LogP contribution is 2.31. The van der Waals surface area contributed by atoms with E-state index >= 15 is 0 Å². The van der Waals surface area contributed by atoms with Gasteiger partial charge in [-0.2, -0.15) is 0 Å². The molecule has 0 aliphatic carbocycles. The first-order valence-electron chi connectivity index (χ1n) is 5.88. The van der Waals surface area contributed by atoms with Gasteiger partial charge in [-0.25, -0.2) is 0 Å². The number of benzene rings is 2. The van der Waals surface area contributed by atoms with Gasteiger partial charge in [-0.05, 0) is 35.4 Å². The van der Waals surface area contributed by atoms with E-state index in [9.17, 15) is 0 Å². The largest absolute Gasteiger partial charge is 0.493 e. The van der Waals surface area contributed by atoms with Crippen LogP contribution in [0.3, 0.4) is 0 Å². The first-order chi connectivity index (χ1) is 9.15. The molecule has 2 aromatic rings. The zero-order chi connectivity index (χ0) is 13.8. The summed E-state index contributed by atoms with van der Waals surface area (Å²) in [6, 6.07) is 13.5. The molecule has 0 heterocycles. The van der Waals surface area contributed by atoms with Gasteiger partial charge in [0.2, 0.25) is 0 Å². The summed E-state index contributed by atoms with van der Waals surface area (Å²) in [5.41, 5.74) is 8.31. The molecule has 0 saturated carbocycles. The van der Waals surface area contributed by atoms with Crippen LogP contribution in [-0.2, 0) is 0 Å². The lowest BCUT2D eigenvalue weighted by atomic mass is 9.99. The van der Waals surface area contributed by atoms with Gasteiger partial charge < -0.3 is 15.2 Å². The number of hydrogen-bond donors (Lipinski definition) is 1. The number of halogens is 1. The zero-order valence-corrected chi connectivity index (χ0v) is 12.5. The number of hydrogen-bond acceptors (Lipinski definition) is 3. The summed E-state index contributed by atoms with van der Waals surface area (Å²) in [7, 11) is 3.24. The molecule has 0 aliphatic heterocycles. The summed E-state index contributed by atoms with van der Waals surface area (Å²) in [5, 5.41) is 0. The zero-order valence-electron chi connectivity index (χ0n) is 10.9. The smallest absolute Gasteiger partial charge is 0.161 e. The maximum atomic E-state index is 6.27. The van der Waals surface area contributed by atoms with E-state index in [1.807, 2.05) is 42.5 Å². The normalized spacial score (nSPS) is 12.0. The molecule has 2 aromatic carbocycles. The van der Waals surface area contributed by atoms with Crippen molar-refractivity contribution in [1.29, 1.82) is 0 Å². The van der Waals surface area contributed by atoms with Crippen molar-refractivity contribution in [3.05, 3.63) is 58.1 Å². The molecule has 0 radical (unpaired) electrons. The van der Waals surface area contributed by atoms with Crippen LogP contribution in [0.2, 0.25) is 0 Å². The Bertz CT molecular complexity index is 555. The second kappa shape index (κ2) is 6.08. The summed E-state index contributed by atoms with van der Waals surface area (Å²) >= 11 is 3.42. The van der Waals surface area contributed by atoms with Gasteiger partial charge in [0.15, 0.2) is 11.5 Å². The summed E-state index contributed by atoms with van der Waals surface area (Å²) < 4.78 is 11.6. The molecule has 0 aliphatic rings. The van der Waals surface area contributed by atoms with Crippen molar-refractivity contribution < 1.29 is 9.47 Å². The Morgan fingerprint density at radius 3 is 2.05 bits per heavy atom. The third-order valence-corrected chi connectivity index (χ3v) is 3.52. The molecule has 0 fully saturated rings. The van der Waals surface area contributed by atoms with Gasteiger partial charge in [-0.15, -0.1) is 0 Å². The van der Waals surface area contributed by atoms with Crippen molar-refractivity contribution in [2.45, 2.75) is 6.04 Å². The Kier molecular flexibility index (Phi) is 4.45. The lowest BCUT2D eigenvalue weighted by molar-refractivity contribution is 0.354. The quantitative estimate of drug-likeness (QED) is 0.937. The Balaban J connectivity index is 2.33. The van der Waals surface area contributed by atoms with Gasteiger partial charge in [0, 0.05) is 4.47 Å². The van der Waals surface area contributed by atoms with Crippen molar-refractivity contribution in [1.82, 2.24) is 0 Å². The molecule has 0 bridgehead atoms. The summed E-state index contributed by atoms with van der Waals surface area (Å²) in [4.78, 5) is 0. The molecule has 100 valence electrons. The van der Waals surface area contributed by atoms with Gasteiger partial charge in [-0.3, -0.25) is 0 Å². The molecular formula is C15H16BrNO2. The maximum absolute atomic E-state index is 6.27. The molecule has 2 rings (SSSR count). The van der Waals surface area contributed by atoms with Crippen LogP contribution in [0.5, 0.6) is 11.5 Å². The first kappa shape index (κ1) is 13.9. The lowest BCUT2D eigenvalue weighted by Gasteiger charge is -2.15. The fourth-order valence-electron chi connectivity index (χ4n) is 1.91. The van der Waals surface area contributed by atoms with Gasteiger partial charge in [0.05, 0.1) is 20.3 Å². The van der Waals surface area contributed by atoms with Crippen LogP contribution in [-0.4, -0.2) is 14.2 Å². The van der Waals surface area contributed by atoms with E-state index in [2.05, 4.69) is 15.9 Å². The average molecular weight is 322 g/mol. The minimum absolute atomic E-state index is 0.187. The third kappa shape index (κ3) is 3.08. The molecule has 0 saturated heterocycles. The van der Waals surface area contributed by atoms with Crippen LogP contribution < -0.4 is 15.2 Å². The topological polar surface area (TPSA) is 44.5 Å². The molecule has 0 amide bonds. The second-order valence-corrected chi connectivity index (χ2v) is 5.06. The molecule has 3 nitrogen and oxygen atoms in total. The fraction of sp³-hybridized carbons (Fsp3) is 0.200. The third-order valence-electron chi connectivity index (χ3n) is 3.00. The van der Waals surface area contributed by atoms with Crippen LogP contribution in [0, 0.1) is 0 Å². The summed E-state index contributed by atoms with van der Waals surface area (Å²) in [6.07, 6.45) is 0. The predicted octanol–water partition coefficient (Wildman–Crippen LogP) is 3.51. The van der Waals surface area contributed by atoms with E-state index in [0.717, 1.165) is 15.6 Å². The van der Waals surface area contributed by atoms with E-state index in [0.29, 0.717) is 11.5 Å². The van der Waals surface area contributed by atoms with E-state index in [1.165, 1.54) is 0 Å². The van der Waals surface area contributed by atoms with Crippen LogP contribution in [0.25, 0.3) is 0 Å². The van der Waals surface area contributed by atoms with Gasteiger partial charge in [0.25, 0.3) is 0 Å². The van der Waals surface area contributed by atoms with E-state index in [4.69, 9.17) is 15.2 Å². The van der Waals surface area contributed by atoms with Gasteiger partial charge >= 0.3 is 0 Å². The maximum Gasteiger partial charge on any atom is 0.161 e. The average Bonchev–Trinajstić information content (AvgIpc) is 2.46. The van der Waals surface area contributed by atoms with E-state index in [-0.39, 0.29) is 6.04 Å². The SMILES string of the molecule is COc1ccc(C(N)c2ccc(Br)cc2)cc1OC. The van der Waals surface area contributed by atoms with Gasteiger partial charge in [0.1, 0.15) is 0 Å². The summed E-state index contributed by atoms with van der Waals surface area (Å²) in [6.45, 7) is 0. The van der Waals surface area contributed by atoms with Crippen LogP contribution in [0.15, 0.2) is 46.9 Å². The first-order valence-corrected chi connectivity index (χ1v) is 6.68. The van der Waals surface area contributed by atoms with E-state index < -0.39 is 0 Å². The van der Waals surface area contributed by atoms with Crippen molar-refractivity contribution in [2.75, 3.05) is 14.2 Å². The van der Waals surface area contributed by atoms with Crippen LogP contribution in [0.4, 0.5) is 0 Å². The lowest BCUT2D eigenvalue weighted by Crippen LogP contribution is -2.11. The molecule has 2 N–H and O–H groups in total. The Morgan fingerprint density at radius 1 is 0.895 bits per heavy atom. The molecule has 4 heteroatoms. The molecular weight excluding hydrogens is 306 g/mol. The fourth-order valence-corrected chi connectivity index (χ4v) is 2.17. The van der Waals surface area contributed by atoms with Crippen molar-refractivity contribution in [3.8, 4) is 11.5 Å². The minimum atomic E-state index is -0.187. The van der Waals surface area contributed by atoms with Crippen LogP contribution >= 0.6 is 15.9 Å². The van der Waals surface area contributed by atoms with Crippen molar-refractivity contribution >= 4 is 15.9 Å². The minimum Gasteiger partial charge on any atom is -0.493 e.